The topological polar surface area (TPSA) is 73.9 Å². The molecule has 25 heavy (non-hydrogen) atoms. The third-order valence-corrected chi connectivity index (χ3v) is 4.97. The van der Waals surface area contributed by atoms with Crippen molar-refractivity contribution in [2.24, 2.45) is 0 Å². The second-order valence-electron chi connectivity index (χ2n) is 7.26. The molecule has 7 heteroatoms. The third-order valence-electron chi connectivity index (χ3n) is 3.77. The van der Waals surface area contributed by atoms with Crippen molar-refractivity contribution in [1.29, 1.82) is 0 Å². The van der Waals surface area contributed by atoms with Crippen LogP contribution in [0.2, 0.25) is 0 Å². The van der Waals surface area contributed by atoms with Crippen LogP contribution in [0.3, 0.4) is 0 Å². The molecule has 0 spiro atoms. The van der Waals surface area contributed by atoms with Crippen molar-refractivity contribution in [3.63, 3.8) is 0 Å². The lowest BCUT2D eigenvalue weighted by molar-refractivity contribution is -0.176. The van der Waals surface area contributed by atoms with Crippen molar-refractivity contribution in [3.05, 3.63) is 29.8 Å². The Kier molecular flexibility index (Phi) is 6.37. The minimum absolute atomic E-state index is 0.00856. The van der Waals surface area contributed by atoms with Gasteiger partial charge in [-0.25, -0.2) is 8.93 Å². The van der Waals surface area contributed by atoms with E-state index in [-0.39, 0.29) is 6.42 Å². The molecule has 0 aromatic heterocycles. The van der Waals surface area contributed by atoms with Gasteiger partial charge in [-0.1, -0.05) is 17.7 Å². The number of rotatable bonds is 6. The van der Waals surface area contributed by atoms with Gasteiger partial charge in [-0.2, -0.15) is 0 Å². The Morgan fingerprint density at radius 2 is 1.84 bits per heavy atom. The van der Waals surface area contributed by atoms with E-state index in [2.05, 4.69) is 4.72 Å². The lowest BCUT2D eigenvalue weighted by Crippen LogP contribution is -2.51. The molecule has 1 aromatic carbocycles. The van der Waals surface area contributed by atoms with Gasteiger partial charge in [0.05, 0.1) is 30.6 Å². The molecule has 0 amide bonds. The summed E-state index contributed by atoms with van der Waals surface area (Å²) in [5.74, 6) is -1.43. The zero-order valence-electron chi connectivity index (χ0n) is 15.5. The number of carbonyl (C=O) groups is 1. The lowest BCUT2D eigenvalue weighted by atomic mass is 10.1. The first-order valence-corrected chi connectivity index (χ1v) is 9.48. The molecular weight excluding hydrogens is 342 g/mol. The van der Waals surface area contributed by atoms with E-state index in [4.69, 9.17) is 14.2 Å². The van der Waals surface area contributed by atoms with Crippen LogP contribution in [-0.4, -0.2) is 40.8 Å². The molecule has 2 rings (SSSR count). The van der Waals surface area contributed by atoms with Crippen LogP contribution in [0, 0.1) is 6.92 Å². The molecule has 140 valence electrons. The van der Waals surface area contributed by atoms with Crippen LogP contribution in [0.4, 0.5) is 0 Å². The molecule has 0 unspecified atom stereocenters. The van der Waals surface area contributed by atoms with E-state index in [1.165, 1.54) is 0 Å². The smallest absolute Gasteiger partial charge is 0.308 e. The third kappa shape index (κ3) is 5.88. The Morgan fingerprint density at radius 3 is 2.36 bits per heavy atom. The number of esters is 1. The average molecular weight is 369 g/mol. The quantitative estimate of drug-likeness (QED) is 0.780. The van der Waals surface area contributed by atoms with Crippen LogP contribution in [0.5, 0.6) is 0 Å². The summed E-state index contributed by atoms with van der Waals surface area (Å²) in [6.07, 6.45) is -0.00856. The number of carbonyl (C=O) groups excluding carboxylic acids is 1. The normalized spacial score (nSPS) is 19.4. The first kappa shape index (κ1) is 20.0. The summed E-state index contributed by atoms with van der Waals surface area (Å²) >= 11 is 0. The highest BCUT2D eigenvalue weighted by molar-refractivity contribution is 7.83. The second kappa shape index (κ2) is 7.95. The highest BCUT2D eigenvalue weighted by atomic mass is 32.2. The first-order chi connectivity index (χ1) is 11.6. The van der Waals surface area contributed by atoms with Gasteiger partial charge >= 0.3 is 5.97 Å². The molecule has 2 atom stereocenters. The molecule has 1 heterocycles. The van der Waals surface area contributed by atoms with Gasteiger partial charge in [0.25, 0.3) is 0 Å². The molecule has 0 radical (unpaired) electrons. The Labute approximate surface area is 151 Å². The predicted molar refractivity (Wildman–Crippen MR) is 95.3 cm³/mol. The number of benzene rings is 1. The Balaban J connectivity index is 2.12. The zero-order chi connectivity index (χ0) is 18.7. The van der Waals surface area contributed by atoms with Gasteiger partial charge in [-0.15, -0.1) is 0 Å². The first-order valence-electron chi connectivity index (χ1n) is 8.33. The largest absolute Gasteiger partial charge is 0.460 e. The minimum atomic E-state index is -1.50. The number of hydrogen-bond acceptors (Lipinski definition) is 5. The summed E-state index contributed by atoms with van der Waals surface area (Å²) in [6, 6.07) is 6.76. The van der Waals surface area contributed by atoms with E-state index in [1.807, 2.05) is 39.8 Å². The molecule has 1 N–H and O–H groups in total. The standard InChI is InChI=1S/C18H27NO5S/c1-13-6-8-14(9-7-13)25(21)19-15(18(5)22-10-11-23-18)12-16(20)24-17(2,3)4/h6-9,15,19H,10-12H2,1-5H3/t15-,25-/m0/s1. The van der Waals surface area contributed by atoms with Gasteiger partial charge in [0.2, 0.25) is 0 Å². The number of hydrogen-bond donors (Lipinski definition) is 1. The van der Waals surface area contributed by atoms with E-state index in [1.54, 1.807) is 19.1 Å². The minimum Gasteiger partial charge on any atom is -0.460 e. The molecule has 1 aliphatic rings. The van der Waals surface area contributed by atoms with Crippen molar-refractivity contribution < 1.29 is 23.2 Å². The van der Waals surface area contributed by atoms with E-state index in [0.717, 1.165) is 5.56 Å². The summed E-state index contributed by atoms with van der Waals surface area (Å²) in [4.78, 5) is 12.9. The predicted octanol–water partition coefficient (Wildman–Crippen LogP) is 2.47. The molecule has 1 aliphatic heterocycles. The fourth-order valence-corrected chi connectivity index (χ4v) is 3.55. The van der Waals surface area contributed by atoms with Crippen molar-refractivity contribution in [2.45, 2.75) is 63.4 Å². The summed E-state index contributed by atoms with van der Waals surface area (Å²) in [7, 11) is -1.50. The SMILES string of the molecule is Cc1ccc([S@](=O)N[C@@H](CC(=O)OC(C)(C)C)C2(C)OCCO2)cc1. The number of ether oxygens (including phenoxy) is 3. The molecule has 6 nitrogen and oxygen atoms in total. The molecule has 0 aliphatic carbocycles. The molecule has 1 saturated heterocycles. The second-order valence-corrected chi connectivity index (χ2v) is 8.50. The van der Waals surface area contributed by atoms with Gasteiger partial charge < -0.3 is 14.2 Å². The Morgan fingerprint density at radius 1 is 1.28 bits per heavy atom. The monoisotopic (exact) mass is 369 g/mol. The average Bonchev–Trinajstić information content (AvgIpc) is 2.93. The van der Waals surface area contributed by atoms with Crippen LogP contribution in [0.1, 0.15) is 39.7 Å². The van der Waals surface area contributed by atoms with Crippen molar-refractivity contribution in [2.75, 3.05) is 13.2 Å². The van der Waals surface area contributed by atoms with Crippen LogP contribution in [0.25, 0.3) is 0 Å². The lowest BCUT2D eigenvalue weighted by Gasteiger charge is -2.32. The van der Waals surface area contributed by atoms with E-state index in [9.17, 15) is 9.00 Å². The van der Waals surface area contributed by atoms with Crippen LogP contribution in [0.15, 0.2) is 29.2 Å². The van der Waals surface area contributed by atoms with E-state index < -0.39 is 34.4 Å². The molecule has 1 fully saturated rings. The van der Waals surface area contributed by atoms with Crippen molar-refractivity contribution in [3.8, 4) is 0 Å². The zero-order valence-corrected chi connectivity index (χ0v) is 16.3. The number of nitrogens with one attached hydrogen (secondary N) is 1. The fraction of sp³-hybridized carbons (Fsp3) is 0.611. The Bertz CT molecular complexity index is 617. The maximum absolute atomic E-state index is 12.7. The molecular formula is C18H27NO5S. The highest BCUT2D eigenvalue weighted by Crippen LogP contribution is 2.26. The Hall–Kier alpha value is -1.28. The van der Waals surface area contributed by atoms with Crippen molar-refractivity contribution >= 4 is 17.0 Å². The maximum Gasteiger partial charge on any atom is 0.308 e. The maximum atomic E-state index is 12.7. The van der Waals surface area contributed by atoms with Gasteiger partial charge in [-0.3, -0.25) is 4.79 Å². The summed E-state index contributed by atoms with van der Waals surface area (Å²) < 4.78 is 32.4. The van der Waals surface area contributed by atoms with Crippen molar-refractivity contribution in [1.82, 2.24) is 4.72 Å². The highest BCUT2D eigenvalue weighted by Gasteiger charge is 2.42. The summed E-state index contributed by atoms with van der Waals surface area (Å²) in [6.45, 7) is 9.99. The van der Waals surface area contributed by atoms with E-state index >= 15 is 0 Å². The number of aryl methyl sites for hydroxylation is 1. The molecule has 0 saturated carbocycles. The fourth-order valence-electron chi connectivity index (χ4n) is 2.47. The van der Waals surface area contributed by atoms with Gasteiger partial charge in [0, 0.05) is 0 Å². The van der Waals surface area contributed by atoms with E-state index in [0.29, 0.717) is 18.1 Å². The van der Waals surface area contributed by atoms with Crippen LogP contribution in [-0.2, 0) is 30.0 Å². The summed E-state index contributed by atoms with van der Waals surface area (Å²) in [5, 5.41) is 0. The van der Waals surface area contributed by atoms with Gasteiger partial charge in [0.1, 0.15) is 16.6 Å². The summed E-state index contributed by atoms with van der Waals surface area (Å²) in [5.41, 5.74) is 0.497. The molecule has 0 bridgehead atoms. The van der Waals surface area contributed by atoms with Crippen LogP contribution >= 0.6 is 0 Å². The molecule has 1 aromatic rings. The van der Waals surface area contributed by atoms with Crippen LogP contribution < -0.4 is 4.72 Å². The van der Waals surface area contributed by atoms with Gasteiger partial charge in [-0.05, 0) is 46.8 Å². The van der Waals surface area contributed by atoms with Gasteiger partial charge in [0.15, 0.2) is 5.79 Å².